The van der Waals surface area contributed by atoms with E-state index >= 15 is 0 Å². The minimum Gasteiger partial charge on any atom is -0.0876 e. The molecule has 0 heterocycles. The van der Waals surface area contributed by atoms with Gasteiger partial charge < -0.3 is 0 Å². The zero-order valence-corrected chi connectivity index (χ0v) is 9.67. The van der Waals surface area contributed by atoms with Crippen molar-refractivity contribution in [2.45, 2.75) is 0 Å². The molecule has 0 radical (unpaired) electrons. The van der Waals surface area contributed by atoms with Crippen molar-refractivity contribution in [3.63, 3.8) is 0 Å². The highest BCUT2D eigenvalue weighted by Gasteiger charge is 1.95. The van der Waals surface area contributed by atoms with Gasteiger partial charge in [-0.1, -0.05) is 68.9 Å². The fourth-order valence-corrected chi connectivity index (χ4v) is 2.49. The summed E-state index contributed by atoms with van der Waals surface area (Å²) in [5.74, 6) is 0. The number of allylic oxidation sites excluding steroid dienone is 1. The van der Waals surface area contributed by atoms with Crippen molar-refractivity contribution < 1.29 is 0 Å². The second-order valence-electron chi connectivity index (χ2n) is 2.13. The van der Waals surface area contributed by atoms with Crippen LogP contribution in [0.1, 0.15) is 5.56 Å². The second-order valence-corrected chi connectivity index (χ2v) is 3.32. The number of benzene rings is 1. The standard InChI is InChI=1S/C9H8BrI/c10-6-9(7-11)8-4-2-1-3-5-8/h1-5,7H,6H2/b9-7+. The first kappa shape index (κ1) is 9.26. The van der Waals surface area contributed by atoms with Crippen LogP contribution in [0, 0.1) is 0 Å². The topological polar surface area (TPSA) is 0 Å². The van der Waals surface area contributed by atoms with Gasteiger partial charge in [0.05, 0.1) is 0 Å². The van der Waals surface area contributed by atoms with Gasteiger partial charge in [0, 0.05) is 5.33 Å². The average Bonchev–Trinajstić information content (AvgIpc) is 2.09. The molecule has 0 aromatic heterocycles. The van der Waals surface area contributed by atoms with Gasteiger partial charge in [-0.25, -0.2) is 0 Å². The maximum absolute atomic E-state index is 3.44. The Kier molecular flexibility index (Phi) is 4.15. The van der Waals surface area contributed by atoms with Crippen LogP contribution in [0.3, 0.4) is 0 Å². The van der Waals surface area contributed by atoms with Crippen LogP contribution in [0.5, 0.6) is 0 Å². The predicted octanol–water partition coefficient (Wildman–Crippen LogP) is 3.86. The molecule has 0 amide bonds. The van der Waals surface area contributed by atoms with Gasteiger partial charge in [0.2, 0.25) is 0 Å². The third-order valence-corrected chi connectivity index (χ3v) is 2.78. The number of hydrogen-bond donors (Lipinski definition) is 0. The molecule has 0 nitrogen and oxygen atoms in total. The van der Waals surface area contributed by atoms with Crippen LogP contribution in [-0.2, 0) is 0 Å². The molecule has 11 heavy (non-hydrogen) atoms. The Balaban J connectivity index is 2.92. The van der Waals surface area contributed by atoms with Gasteiger partial charge in [0.15, 0.2) is 0 Å². The van der Waals surface area contributed by atoms with Crippen molar-refractivity contribution in [2.24, 2.45) is 0 Å². The van der Waals surface area contributed by atoms with E-state index in [2.05, 4.69) is 66.9 Å². The van der Waals surface area contributed by atoms with Gasteiger partial charge in [-0.3, -0.25) is 0 Å². The molecule has 0 aliphatic rings. The first-order chi connectivity index (χ1) is 5.38. The summed E-state index contributed by atoms with van der Waals surface area (Å²) < 4.78 is 2.10. The molecule has 1 aromatic rings. The molecule has 0 fully saturated rings. The Labute approximate surface area is 89.0 Å². The van der Waals surface area contributed by atoms with E-state index in [1.54, 1.807) is 0 Å². The number of rotatable bonds is 2. The smallest absolute Gasteiger partial charge is 0.0293 e. The van der Waals surface area contributed by atoms with Gasteiger partial charge in [-0.15, -0.1) is 0 Å². The summed E-state index contributed by atoms with van der Waals surface area (Å²) >= 11 is 5.70. The van der Waals surface area contributed by atoms with Crippen molar-refractivity contribution in [1.82, 2.24) is 0 Å². The zero-order chi connectivity index (χ0) is 8.10. The quantitative estimate of drug-likeness (QED) is 0.573. The van der Waals surface area contributed by atoms with Gasteiger partial charge in [-0.05, 0) is 15.2 Å². The predicted molar refractivity (Wildman–Crippen MR) is 62.2 cm³/mol. The molecule has 0 saturated heterocycles. The molecule has 58 valence electrons. The Hall–Kier alpha value is 0.170. The Morgan fingerprint density at radius 3 is 2.45 bits per heavy atom. The highest BCUT2D eigenvalue weighted by Crippen LogP contribution is 2.17. The number of alkyl halides is 1. The van der Waals surface area contributed by atoms with Crippen LogP contribution in [0.15, 0.2) is 34.4 Å². The molecule has 0 N–H and O–H groups in total. The largest absolute Gasteiger partial charge is 0.0876 e. The van der Waals surface area contributed by atoms with Crippen LogP contribution in [-0.4, -0.2) is 5.33 Å². The first-order valence-corrected chi connectivity index (χ1v) is 5.66. The number of hydrogen-bond acceptors (Lipinski definition) is 0. The minimum atomic E-state index is 0.917. The van der Waals surface area contributed by atoms with Crippen molar-refractivity contribution >= 4 is 44.1 Å². The lowest BCUT2D eigenvalue weighted by Crippen LogP contribution is -1.82. The second kappa shape index (κ2) is 4.93. The van der Waals surface area contributed by atoms with E-state index in [1.165, 1.54) is 11.1 Å². The lowest BCUT2D eigenvalue weighted by molar-refractivity contribution is 1.60. The van der Waals surface area contributed by atoms with Crippen LogP contribution < -0.4 is 0 Å². The molecular weight excluding hydrogens is 315 g/mol. The van der Waals surface area contributed by atoms with E-state index < -0.39 is 0 Å². The fraction of sp³-hybridized carbons (Fsp3) is 0.111. The summed E-state index contributed by atoms with van der Waals surface area (Å²) in [7, 11) is 0. The van der Waals surface area contributed by atoms with Crippen molar-refractivity contribution in [3.05, 3.63) is 40.0 Å². The van der Waals surface area contributed by atoms with Crippen LogP contribution in [0.25, 0.3) is 5.57 Å². The molecule has 0 spiro atoms. The van der Waals surface area contributed by atoms with Crippen LogP contribution >= 0.6 is 38.5 Å². The molecule has 0 atom stereocenters. The fourth-order valence-electron chi connectivity index (χ4n) is 0.822. The highest BCUT2D eigenvalue weighted by atomic mass is 127. The van der Waals surface area contributed by atoms with E-state index in [0.29, 0.717) is 0 Å². The summed E-state index contributed by atoms with van der Waals surface area (Å²) in [6, 6.07) is 10.4. The maximum Gasteiger partial charge on any atom is 0.0293 e. The molecule has 0 saturated carbocycles. The minimum absolute atomic E-state index is 0.917. The van der Waals surface area contributed by atoms with Crippen molar-refractivity contribution in [3.8, 4) is 0 Å². The Morgan fingerprint density at radius 1 is 1.36 bits per heavy atom. The molecule has 0 unspecified atom stereocenters. The van der Waals surface area contributed by atoms with Crippen molar-refractivity contribution in [1.29, 1.82) is 0 Å². The summed E-state index contributed by atoms with van der Waals surface area (Å²) in [4.78, 5) is 0. The van der Waals surface area contributed by atoms with E-state index in [4.69, 9.17) is 0 Å². The SMILES string of the molecule is BrC/C(=C\I)c1ccccc1. The van der Waals surface area contributed by atoms with Crippen LogP contribution in [0.2, 0.25) is 0 Å². The van der Waals surface area contributed by atoms with E-state index in [0.717, 1.165) is 5.33 Å². The van der Waals surface area contributed by atoms with E-state index in [1.807, 2.05) is 6.07 Å². The van der Waals surface area contributed by atoms with Gasteiger partial charge >= 0.3 is 0 Å². The normalized spacial score (nSPS) is 11.6. The van der Waals surface area contributed by atoms with Crippen LogP contribution in [0.4, 0.5) is 0 Å². The third kappa shape index (κ3) is 2.60. The summed E-state index contributed by atoms with van der Waals surface area (Å²) in [6.07, 6.45) is 0. The molecule has 0 aliphatic carbocycles. The highest BCUT2D eigenvalue weighted by molar-refractivity contribution is 14.1. The summed E-state index contributed by atoms with van der Waals surface area (Å²) in [5, 5.41) is 0.917. The Morgan fingerprint density at radius 2 is 2.00 bits per heavy atom. The van der Waals surface area contributed by atoms with Gasteiger partial charge in [0.1, 0.15) is 0 Å². The van der Waals surface area contributed by atoms with Crippen molar-refractivity contribution in [2.75, 3.05) is 5.33 Å². The zero-order valence-electron chi connectivity index (χ0n) is 5.93. The first-order valence-electron chi connectivity index (χ1n) is 3.29. The maximum atomic E-state index is 3.44. The monoisotopic (exact) mass is 322 g/mol. The van der Waals surface area contributed by atoms with Gasteiger partial charge in [-0.2, -0.15) is 0 Å². The number of halogens is 2. The van der Waals surface area contributed by atoms with Gasteiger partial charge in [0.25, 0.3) is 0 Å². The summed E-state index contributed by atoms with van der Waals surface area (Å²) in [5.41, 5.74) is 2.62. The summed E-state index contributed by atoms with van der Waals surface area (Å²) in [6.45, 7) is 0. The molecule has 0 bridgehead atoms. The molecule has 2 heteroatoms. The van der Waals surface area contributed by atoms with E-state index in [-0.39, 0.29) is 0 Å². The molecule has 1 aromatic carbocycles. The van der Waals surface area contributed by atoms with E-state index in [9.17, 15) is 0 Å². The lowest BCUT2D eigenvalue weighted by Gasteiger charge is -2.00. The third-order valence-electron chi connectivity index (χ3n) is 1.42. The lowest BCUT2D eigenvalue weighted by atomic mass is 10.1. The molecular formula is C9H8BrI. The Bertz CT molecular complexity index is 241. The molecule has 0 aliphatic heterocycles. The molecule has 1 rings (SSSR count). The average molecular weight is 323 g/mol.